The van der Waals surface area contributed by atoms with E-state index in [1.54, 1.807) is 0 Å². The molecule has 1 atom stereocenters. The number of aryl methyl sites for hydroxylation is 1. The molecule has 0 fully saturated rings. The van der Waals surface area contributed by atoms with Crippen LogP contribution in [0.4, 0.5) is 0 Å². The van der Waals surface area contributed by atoms with Crippen LogP contribution in [0.5, 0.6) is 0 Å². The second kappa shape index (κ2) is 5.24. The van der Waals surface area contributed by atoms with Crippen molar-refractivity contribution < 1.29 is 0 Å². The fraction of sp³-hybridized carbons (Fsp3) is 0.368. The van der Waals surface area contributed by atoms with Gasteiger partial charge in [-0.05, 0) is 30.9 Å². The Kier molecular flexibility index (Phi) is 3.51. The van der Waals surface area contributed by atoms with Gasteiger partial charge in [-0.1, -0.05) is 38.1 Å². The van der Waals surface area contributed by atoms with Crippen LogP contribution in [0.25, 0.3) is 6.20 Å². The van der Waals surface area contributed by atoms with Crippen LogP contribution >= 0.6 is 0 Å². The molecule has 2 heterocycles. The molecule has 3 heteroatoms. The van der Waals surface area contributed by atoms with Gasteiger partial charge in [-0.25, -0.2) is 0 Å². The molecule has 1 aromatic carbocycles. The van der Waals surface area contributed by atoms with E-state index in [1.165, 1.54) is 21.9 Å². The van der Waals surface area contributed by atoms with E-state index < -0.39 is 5.66 Å². The minimum absolute atomic E-state index is 0.393. The number of pyridine rings is 1. The van der Waals surface area contributed by atoms with E-state index in [0.717, 1.165) is 5.36 Å². The molecule has 3 rings (SSSR count). The van der Waals surface area contributed by atoms with Gasteiger partial charge in [-0.2, -0.15) is 0 Å². The van der Waals surface area contributed by atoms with E-state index in [4.69, 9.17) is 4.99 Å². The van der Waals surface area contributed by atoms with Crippen molar-refractivity contribution in [3.63, 3.8) is 0 Å². The zero-order valence-corrected chi connectivity index (χ0v) is 14.0. The van der Waals surface area contributed by atoms with Crippen molar-refractivity contribution in [2.75, 3.05) is 7.05 Å². The average Bonchev–Trinajstić information content (AvgIpc) is 2.48. The van der Waals surface area contributed by atoms with Crippen LogP contribution in [0.3, 0.4) is 0 Å². The Bertz CT molecular complexity index is 823. The van der Waals surface area contributed by atoms with Gasteiger partial charge < -0.3 is 4.90 Å². The molecule has 0 amide bonds. The summed E-state index contributed by atoms with van der Waals surface area (Å²) < 4.78 is 0. The van der Waals surface area contributed by atoms with Gasteiger partial charge in [0, 0.05) is 30.2 Å². The predicted molar refractivity (Wildman–Crippen MR) is 89.9 cm³/mol. The highest BCUT2D eigenvalue weighted by Gasteiger charge is 2.32. The first-order valence-corrected chi connectivity index (χ1v) is 7.78. The minimum atomic E-state index is -0.393. The van der Waals surface area contributed by atoms with E-state index in [1.807, 2.05) is 12.4 Å². The van der Waals surface area contributed by atoms with E-state index in [9.17, 15) is 0 Å². The van der Waals surface area contributed by atoms with Crippen LogP contribution in [0.1, 0.15) is 43.4 Å². The Hall–Kier alpha value is -2.16. The Morgan fingerprint density at radius 1 is 1.14 bits per heavy atom. The summed E-state index contributed by atoms with van der Waals surface area (Å²) in [7, 11) is 2.10. The minimum Gasteiger partial charge on any atom is -0.352 e. The molecular weight excluding hydrogens is 270 g/mol. The highest BCUT2D eigenvalue weighted by Crippen LogP contribution is 2.31. The average molecular weight is 293 g/mol. The number of aromatic nitrogens is 1. The molecule has 1 aromatic heterocycles. The van der Waals surface area contributed by atoms with Crippen LogP contribution in [-0.4, -0.2) is 16.9 Å². The first kappa shape index (κ1) is 14.8. The quantitative estimate of drug-likeness (QED) is 0.851. The molecule has 0 spiro atoms. The number of rotatable bonds is 2. The van der Waals surface area contributed by atoms with Crippen LogP contribution in [0, 0.1) is 6.92 Å². The molecule has 0 saturated heterocycles. The third-order valence-corrected chi connectivity index (χ3v) is 4.62. The summed E-state index contributed by atoms with van der Waals surface area (Å²) in [5.41, 5.74) is 3.34. The molecule has 0 saturated carbocycles. The SMILES string of the molecule is Cc1ccccc1C1(C)N=c2cncc(C(C)C)c2=CN1C. The van der Waals surface area contributed by atoms with Crippen molar-refractivity contribution in [3.05, 3.63) is 63.9 Å². The van der Waals surface area contributed by atoms with E-state index in [0.29, 0.717) is 5.92 Å². The lowest BCUT2D eigenvalue weighted by atomic mass is 9.94. The normalized spacial score (nSPS) is 20.4. The van der Waals surface area contributed by atoms with Gasteiger partial charge >= 0.3 is 0 Å². The maximum atomic E-state index is 5.06. The van der Waals surface area contributed by atoms with Gasteiger partial charge in [-0.15, -0.1) is 0 Å². The summed E-state index contributed by atoms with van der Waals surface area (Å²) in [4.78, 5) is 11.7. The molecule has 2 aromatic rings. The van der Waals surface area contributed by atoms with Gasteiger partial charge in [0.25, 0.3) is 0 Å². The van der Waals surface area contributed by atoms with Gasteiger partial charge in [0.05, 0.1) is 11.6 Å². The maximum Gasteiger partial charge on any atom is 0.155 e. The van der Waals surface area contributed by atoms with Crippen LogP contribution < -0.4 is 10.6 Å². The lowest BCUT2D eigenvalue weighted by Gasteiger charge is -2.38. The van der Waals surface area contributed by atoms with Crippen molar-refractivity contribution in [3.8, 4) is 0 Å². The van der Waals surface area contributed by atoms with Crippen molar-refractivity contribution in [1.82, 2.24) is 9.88 Å². The van der Waals surface area contributed by atoms with E-state index >= 15 is 0 Å². The summed E-state index contributed by atoms with van der Waals surface area (Å²) in [5, 5.41) is 2.17. The lowest BCUT2D eigenvalue weighted by molar-refractivity contribution is 0.224. The third kappa shape index (κ3) is 2.21. The summed E-state index contributed by atoms with van der Waals surface area (Å²) >= 11 is 0. The fourth-order valence-corrected chi connectivity index (χ4v) is 3.15. The Balaban J connectivity index is 2.27. The summed E-state index contributed by atoms with van der Waals surface area (Å²) in [6, 6.07) is 8.45. The predicted octanol–water partition coefficient (Wildman–Crippen LogP) is 2.69. The number of nitrogens with zero attached hydrogens (tertiary/aromatic N) is 3. The maximum absolute atomic E-state index is 5.06. The zero-order chi connectivity index (χ0) is 15.9. The van der Waals surface area contributed by atoms with E-state index in [2.05, 4.69) is 75.1 Å². The Morgan fingerprint density at radius 2 is 1.86 bits per heavy atom. The van der Waals surface area contributed by atoms with Crippen molar-refractivity contribution in [2.24, 2.45) is 4.99 Å². The van der Waals surface area contributed by atoms with Crippen LogP contribution in [0.2, 0.25) is 0 Å². The lowest BCUT2D eigenvalue weighted by Crippen LogP contribution is -2.47. The molecule has 0 bridgehead atoms. The van der Waals surface area contributed by atoms with Crippen molar-refractivity contribution in [1.29, 1.82) is 0 Å². The molecule has 0 aliphatic carbocycles. The molecule has 1 unspecified atom stereocenters. The number of benzene rings is 1. The molecule has 3 nitrogen and oxygen atoms in total. The summed E-state index contributed by atoms with van der Waals surface area (Å²) in [6.07, 6.45) is 6.05. The van der Waals surface area contributed by atoms with Gasteiger partial charge in [0.15, 0.2) is 5.66 Å². The fourth-order valence-electron chi connectivity index (χ4n) is 3.15. The molecule has 1 aliphatic heterocycles. The van der Waals surface area contributed by atoms with Gasteiger partial charge in [0.1, 0.15) is 0 Å². The smallest absolute Gasteiger partial charge is 0.155 e. The van der Waals surface area contributed by atoms with Crippen LogP contribution in [0.15, 0.2) is 41.7 Å². The second-order valence-corrected chi connectivity index (χ2v) is 6.50. The zero-order valence-electron chi connectivity index (χ0n) is 14.0. The summed E-state index contributed by atoms with van der Waals surface area (Å²) in [6.45, 7) is 8.69. The molecule has 1 aliphatic rings. The third-order valence-electron chi connectivity index (χ3n) is 4.62. The highest BCUT2D eigenvalue weighted by atomic mass is 15.3. The monoisotopic (exact) mass is 293 g/mol. The van der Waals surface area contributed by atoms with Crippen molar-refractivity contribution >= 4 is 6.20 Å². The molecule has 0 N–H and O–H groups in total. The Morgan fingerprint density at radius 3 is 2.55 bits per heavy atom. The standard InChI is InChI=1S/C19H23N3/c1-13(2)15-10-20-11-18-16(15)12-22(5)19(4,21-18)17-9-7-6-8-14(17)3/h6-13H,1-5H3. The summed E-state index contributed by atoms with van der Waals surface area (Å²) in [5.74, 6) is 0.435. The Labute approximate surface area is 132 Å². The molecule has 114 valence electrons. The number of hydrogen-bond acceptors (Lipinski definition) is 3. The first-order valence-electron chi connectivity index (χ1n) is 7.78. The first-order chi connectivity index (χ1) is 10.4. The van der Waals surface area contributed by atoms with Gasteiger partial charge in [0.2, 0.25) is 0 Å². The van der Waals surface area contributed by atoms with Crippen LogP contribution in [-0.2, 0) is 5.66 Å². The topological polar surface area (TPSA) is 28.5 Å². The molecule has 0 radical (unpaired) electrons. The number of fused-ring (bicyclic) bond motifs is 1. The van der Waals surface area contributed by atoms with E-state index in [-0.39, 0.29) is 0 Å². The molecule has 22 heavy (non-hydrogen) atoms. The highest BCUT2D eigenvalue weighted by molar-refractivity contribution is 5.39. The van der Waals surface area contributed by atoms with Gasteiger partial charge in [-0.3, -0.25) is 9.98 Å². The largest absolute Gasteiger partial charge is 0.352 e. The number of hydrogen-bond donors (Lipinski definition) is 0. The second-order valence-electron chi connectivity index (χ2n) is 6.50. The van der Waals surface area contributed by atoms with Crippen molar-refractivity contribution in [2.45, 2.75) is 39.3 Å². The molecular formula is C19H23N3.